The molecule has 260 valence electrons. The quantitative estimate of drug-likeness (QED) is 0.177. The summed E-state index contributed by atoms with van der Waals surface area (Å²) in [6, 6.07) is 29.7. The van der Waals surface area contributed by atoms with Crippen molar-refractivity contribution < 1.29 is 29.2 Å². The van der Waals surface area contributed by atoms with Crippen LogP contribution in [0.1, 0.15) is 69.4 Å². The van der Waals surface area contributed by atoms with Gasteiger partial charge in [-0.1, -0.05) is 104 Å². The molecule has 1 aliphatic heterocycles. The number of aliphatic hydroxyl groups is 2. The predicted octanol–water partition coefficient (Wildman–Crippen LogP) is 6.14. The van der Waals surface area contributed by atoms with Crippen molar-refractivity contribution in [1.82, 2.24) is 19.5 Å². The fourth-order valence-corrected chi connectivity index (χ4v) is 7.16. The molecule has 2 aromatic heterocycles. The first-order valence-corrected chi connectivity index (χ1v) is 17.2. The number of hydrogen-bond acceptors (Lipinski definition) is 9. The van der Waals surface area contributed by atoms with Gasteiger partial charge in [0.05, 0.1) is 12.9 Å². The van der Waals surface area contributed by atoms with Crippen molar-refractivity contribution in [3.63, 3.8) is 0 Å². The van der Waals surface area contributed by atoms with Gasteiger partial charge in [-0.3, -0.25) is 9.47 Å². The third-order valence-electron chi connectivity index (χ3n) is 9.46. The minimum absolute atomic E-state index is 0.0472. The lowest BCUT2D eigenvalue weighted by Crippen LogP contribution is -2.43. The number of nitrogens with zero attached hydrogens (tertiary/aromatic N) is 5. The van der Waals surface area contributed by atoms with Crippen LogP contribution in [0.2, 0.25) is 0 Å². The third-order valence-corrected chi connectivity index (χ3v) is 9.46. The molecular weight excluding hydrogens is 634 g/mol. The van der Waals surface area contributed by atoms with Gasteiger partial charge in [0.25, 0.3) is 0 Å². The Morgan fingerprint density at radius 1 is 0.840 bits per heavy atom. The maximum Gasteiger partial charge on any atom is 0.416 e. The summed E-state index contributed by atoms with van der Waals surface area (Å²) in [5.74, 6) is 0.334. The highest BCUT2D eigenvalue weighted by molar-refractivity contribution is 5.96. The van der Waals surface area contributed by atoms with Crippen LogP contribution in [0.3, 0.4) is 0 Å². The van der Waals surface area contributed by atoms with Crippen molar-refractivity contribution in [1.29, 1.82) is 0 Å². The smallest absolute Gasteiger partial charge is 0.416 e. The minimum atomic E-state index is -1.32. The van der Waals surface area contributed by atoms with Gasteiger partial charge in [-0.15, -0.1) is 0 Å². The molecule has 7 rings (SSSR count). The SMILES string of the molecule is CC(C)(C)OC(=O)N(c1ncnc2c1ncn2[C@@H]1O[C@H](COC(c2ccccc2)(c2ccccc2)c2ccccc2)[C@@H](O)[C@H]1O)C1CCCC1. The van der Waals surface area contributed by atoms with E-state index >= 15 is 0 Å². The van der Waals surface area contributed by atoms with Crippen LogP contribution in [0.5, 0.6) is 0 Å². The number of fused-ring (bicyclic) bond motifs is 1. The maximum absolute atomic E-state index is 13.5. The molecule has 11 nitrogen and oxygen atoms in total. The normalized spacial score (nSPS) is 21.5. The molecule has 1 saturated heterocycles. The number of rotatable bonds is 9. The fourth-order valence-electron chi connectivity index (χ4n) is 7.16. The average Bonchev–Trinajstić information content (AvgIpc) is 3.87. The molecular formula is C39H43N5O6. The molecule has 5 aromatic rings. The fraction of sp³-hybridized carbons (Fsp3) is 0.385. The summed E-state index contributed by atoms with van der Waals surface area (Å²) in [5, 5.41) is 22.8. The number of amides is 1. The van der Waals surface area contributed by atoms with Gasteiger partial charge in [0.1, 0.15) is 35.8 Å². The lowest BCUT2D eigenvalue weighted by atomic mass is 9.80. The summed E-state index contributed by atoms with van der Waals surface area (Å²) >= 11 is 0. The van der Waals surface area contributed by atoms with E-state index in [1.807, 2.05) is 112 Å². The van der Waals surface area contributed by atoms with Crippen LogP contribution in [0, 0.1) is 0 Å². The summed E-state index contributed by atoms with van der Waals surface area (Å²) in [5.41, 5.74) is 1.70. The van der Waals surface area contributed by atoms with E-state index in [0.717, 1.165) is 42.4 Å². The maximum atomic E-state index is 13.5. The van der Waals surface area contributed by atoms with Crippen molar-refractivity contribution in [2.75, 3.05) is 11.5 Å². The van der Waals surface area contributed by atoms with E-state index in [-0.39, 0.29) is 12.6 Å². The topological polar surface area (TPSA) is 132 Å². The number of aromatic nitrogens is 4. The van der Waals surface area contributed by atoms with Crippen LogP contribution in [-0.4, -0.2) is 72.4 Å². The number of hydrogen-bond donors (Lipinski definition) is 2. The zero-order valence-corrected chi connectivity index (χ0v) is 28.5. The van der Waals surface area contributed by atoms with E-state index in [0.29, 0.717) is 17.0 Å². The molecule has 3 aromatic carbocycles. The second-order valence-corrected chi connectivity index (χ2v) is 13.9. The Kier molecular flexibility index (Phi) is 9.40. The van der Waals surface area contributed by atoms with Crippen molar-refractivity contribution in [3.05, 3.63) is 120 Å². The van der Waals surface area contributed by atoms with E-state index in [1.165, 1.54) is 12.7 Å². The van der Waals surface area contributed by atoms with Gasteiger partial charge in [-0.25, -0.2) is 19.7 Å². The third kappa shape index (κ3) is 6.37. The standard InChI is InChI=1S/C39H43N5O6/c1-38(2,3)50-37(47)44(29-21-13-14-22-29)35-31-34(40-24-41-35)43(25-42-31)36-33(46)32(45)30(49-36)23-48-39(26-15-7-4-8-16-26,27-17-9-5-10-18-27)28-19-11-6-12-20-28/h4-12,15-20,24-25,29-30,32-33,36,45-46H,13-14,21-23H2,1-3H3/t30-,32-,33-,36-/m1/s1. The lowest BCUT2D eigenvalue weighted by Gasteiger charge is -2.37. The number of carbonyl (C=O) groups is 1. The Bertz CT molecular complexity index is 1800. The summed E-state index contributed by atoms with van der Waals surface area (Å²) in [7, 11) is 0. The van der Waals surface area contributed by atoms with Gasteiger partial charge in [-0.05, 0) is 50.3 Å². The molecule has 3 heterocycles. The van der Waals surface area contributed by atoms with Crippen molar-refractivity contribution in [2.45, 2.75) is 88.2 Å². The van der Waals surface area contributed by atoms with Gasteiger partial charge in [0.2, 0.25) is 0 Å². The highest BCUT2D eigenvalue weighted by atomic mass is 16.6. The number of ether oxygens (including phenoxy) is 3. The molecule has 50 heavy (non-hydrogen) atoms. The first-order valence-electron chi connectivity index (χ1n) is 17.2. The second kappa shape index (κ2) is 13.9. The van der Waals surface area contributed by atoms with Crippen LogP contribution < -0.4 is 4.90 Å². The molecule has 2 N–H and O–H groups in total. The Morgan fingerprint density at radius 2 is 1.40 bits per heavy atom. The first kappa shape index (κ1) is 33.8. The second-order valence-electron chi connectivity index (χ2n) is 13.9. The summed E-state index contributed by atoms with van der Waals surface area (Å²) < 4.78 is 20.7. The Labute approximate surface area is 291 Å². The van der Waals surface area contributed by atoms with E-state index in [1.54, 1.807) is 9.47 Å². The Balaban J connectivity index is 1.20. The molecule has 4 atom stereocenters. The molecule has 0 spiro atoms. The molecule has 0 bridgehead atoms. The van der Waals surface area contributed by atoms with E-state index in [9.17, 15) is 15.0 Å². The van der Waals surface area contributed by atoms with Crippen LogP contribution in [0.15, 0.2) is 104 Å². The Hall–Kier alpha value is -4.68. The molecule has 0 unspecified atom stereocenters. The zero-order chi connectivity index (χ0) is 34.9. The molecule has 0 radical (unpaired) electrons. The van der Waals surface area contributed by atoms with Crippen molar-refractivity contribution in [2.24, 2.45) is 0 Å². The van der Waals surface area contributed by atoms with Gasteiger partial charge in [0, 0.05) is 6.04 Å². The van der Waals surface area contributed by atoms with E-state index in [2.05, 4.69) is 15.0 Å². The summed E-state index contributed by atoms with van der Waals surface area (Å²) in [4.78, 5) is 28.7. The van der Waals surface area contributed by atoms with Crippen LogP contribution in [0.25, 0.3) is 11.2 Å². The lowest BCUT2D eigenvalue weighted by molar-refractivity contribution is -0.0942. The van der Waals surface area contributed by atoms with Crippen LogP contribution in [-0.2, 0) is 19.8 Å². The average molecular weight is 678 g/mol. The van der Waals surface area contributed by atoms with Gasteiger partial charge >= 0.3 is 6.09 Å². The van der Waals surface area contributed by atoms with E-state index in [4.69, 9.17) is 14.2 Å². The number of carbonyl (C=O) groups excluding carboxylic acids is 1. The minimum Gasteiger partial charge on any atom is -0.443 e. The van der Waals surface area contributed by atoms with Gasteiger partial charge in [-0.2, -0.15) is 0 Å². The van der Waals surface area contributed by atoms with Gasteiger partial charge < -0.3 is 24.4 Å². The van der Waals surface area contributed by atoms with Crippen LogP contribution >= 0.6 is 0 Å². The molecule has 1 saturated carbocycles. The molecule has 1 aliphatic carbocycles. The summed E-state index contributed by atoms with van der Waals surface area (Å²) in [6.07, 6.45) is 1.46. The molecule has 2 aliphatic rings. The number of imidazole rings is 1. The molecule has 1 amide bonds. The first-order chi connectivity index (χ1) is 24.2. The molecule has 11 heteroatoms. The zero-order valence-electron chi connectivity index (χ0n) is 28.5. The van der Waals surface area contributed by atoms with Crippen molar-refractivity contribution in [3.8, 4) is 0 Å². The Morgan fingerprint density at radius 3 is 1.94 bits per heavy atom. The van der Waals surface area contributed by atoms with Crippen molar-refractivity contribution >= 4 is 23.1 Å². The monoisotopic (exact) mass is 677 g/mol. The van der Waals surface area contributed by atoms with Gasteiger partial charge in [0.15, 0.2) is 23.2 Å². The highest BCUT2D eigenvalue weighted by Gasteiger charge is 2.47. The highest BCUT2D eigenvalue weighted by Crippen LogP contribution is 2.42. The van der Waals surface area contributed by atoms with E-state index < -0.39 is 41.8 Å². The number of aliphatic hydroxyl groups excluding tert-OH is 2. The summed E-state index contributed by atoms with van der Waals surface area (Å²) in [6.45, 7) is 5.44. The van der Waals surface area contributed by atoms with Crippen LogP contribution in [0.4, 0.5) is 10.6 Å². The number of benzene rings is 3. The molecule has 2 fully saturated rings. The largest absolute Gasteiger partial charge is 0.443 e. The predicted molar refractivity (Wildman–Crippen MR) is 187 cm³/mol. The number of anilines is 1.